The highest BCUT2D eigenvalue weighted by molar-refractivity contribution is 5.94. The first-order valence-corrected chi connectivity index (χ1v) is 10.1. The number of nitrogens with zero attached hydrogens (tertiary/aromatic N) is 5. The van der Waals surface area contributed by atoms with Crippen molar-refractivity contribution in [3.63, 3.8) is 0 Å². The van der Waals surface area contributed by atoms with E-state index in [1.165, 1.54) is 6.92 Å². The minimum absolute atomic E-state index is 0.0190. The molecule has 1 aromatic heterocycles. The quantitative estimate of drug-likeness (QED) is 0.789. The minimum atomic E-state index is -0.233. The topological polar surface area (TPSA) is 102 Å². The molecule has 0 radical (unpaired) electrons. The maximum absolute atomic E-state index is 13.1. The molecule has 2 amide bonds. The summed E-state index contributed by atoms with van der Waals surface area (Å²) in [7, 11) is 0. The van der Waals surface area contributed by atoms with E-state index >= 15 is 0 Å². The van der Waals surface area contributed by atoms with Crippen LogP contribution in [0.25, 0.3) is 0 Å². The smallest absolute Gasteiger partial charge is 0.253 e. The zero-order valence-corrected chi connectivity index (χ0v) is 16.3. The van der Waals surface area contributed by atoms with Gasteiger partial charge in [-0.25, -0.2) is 4.68 Å². The Morgan fingerprint density at radius 1 is 1.31 bits per heavy atom. The zero-order valence-electron chi connectivity index (χ0n) is 16.3. The number of hydrogen-bond acceptors (Lipinski definition) is 6. The van der Waals surface area contributed by atoms with Crippen LogP contribution in [-0.2, 0) is 16.1 Å². The minimum Gasteiger partial charge on any atom is -0.369 e. The van der Waals surface area contributed by atoms with Crippen molar-refractivity contribution in [1.29, 1.82) is 0 Å². The molecule has 5 rings (SSSR count). The van der Waals surface area contributed by atoms with Gasteiger partial charge in [-0.2, -0.15) is 0 Å². The fraction of sp³-hybridized carbons (Fsp3) is 0.550. The van der Waals surface area contributed by atoms with Gasteiger partial charge in [-0.3, -0.25) is 9.59 Å². The van der Waals surface area contributed by atoms with Gasteiger partial charge in [0.2, 0.25) is 5.91 Å². The predicted octanol–water partition coefficient (Wildman–Crippen LogP) is 0.477. The largest absolute Gasteiger partial charge is 0.369 e. The van der Waals surface area contributed by atoms with Gasteiger partial charge in [0, 0.05) is 37.4 Å². The van der Waals surface area contributed by atoms with Crippen molar-refractivity contribution < 1.29 is 14.3 Å². The van der Waals surface area contributed by atoms with Crippen LogP contribution in [0.15, 0.2) is 30.6 Å². The maximum Gasteiger partial charge on any atom is 0.253 e. The van der Waals surface area contributed by atoms with Crippen LogP contribution in [0, 0.1) is 11.8 Å². The first-order chi connectivity index (χ1) is 14.0. The molecular formula is C20H24N6O3. The highest BCUT2D eigenvalue weighted by Crippen LogP contribution is 2.54. The number of benzene rings is 1. The fourth-order valence-corrected chi connectivity index (χ4v) is 5.25. The molecule has 3 fully saturated rings. The van der Waals surface area contributed by atoms with Crippen molar-refractivity contribution in [3.05, 3.63) is 41.7 Å². The van der Waals surface area contributed by atoms with Crippen LogP contribution in [0.3, 0.4) is 0 Å². The van der Waals surface area contributed by atoms with Gasteiger partial charge in [0.1, 0.15) is 6.33 Å². The Bertz CT molecular complexity index is 915. The van der Waals surface area contributed by atoms with Crippen molar-refractivity contribution in [1.82, 2.24) is 30.4 Å². The Hall–Kier alpha value is -2.81. The summed E-state index contributed by atoms with van der Waals surface area (Å²) in [6.45, 7) is 4.05. The summed E-state index contributed by atoms with van der Waals surface area (Å²) in [5.74, 6) is 0.586. The van der Waals surface area contributed by atoms with Gasteiger partial charge in [-0.15, -0.1) is 5.10 Å². The van der Waals surface area contributed by atoms with E-state index in [1.807, 2.05) is 29.2 Å². The zero-order chi connectivity index (χ0) is 20.0. The molecule has 3 saturated heterocycles. The van der Waals surface area contributed by atoms with Crippen molar-refractivity contribution in [2.75, 3.05) is 19.6 Å². The molecule has 2 aromatic rings. The van der Waals surface area contributed by atoms with Crippen LogP contribution < -0.4 is 5.32 Å². The first-order valence-electron chi connectivity index (χ1n) is 10.1. The van der Waals surface area contributed by atoms with Gasteiger partial charge in [0.15, 0.2) is 0 Å². The molecule has 9 heteroatoms. The Morgan fingerprint density at radius 3 is 2.86 bits per heavy atom. The SMILES string of the molecule is CC(=O)NC[C@H]1[C@H]2CN(C(=O)c3ccc(Cn4cnnn4)cc3)C[C@]23CC[C@H]1O3. The summed E-state index contributed by atoms with van der Waals surface area (Å²) >= 11 is 0. The third-order valence-electron chi connectivity index (χ3n) is 6.59. The lowest BCUT2D eigenvalue weighted by Gasteiger charge is -2.29. The molecule has 3 aliphatic rings. The molecule has 2 bridgehead atoms. The van der Waals surface area contributed by atoms with Crippen molar-refractivity contribution in [2.45, 2.75) is 38.0 Å². The maximum atomic E-state index is 13.1. The molecule has 0 saturated carbocycles. The Kier molecular flexibility index (Phi) is 4.34. The highest BCUT2D eigenvalue weighted by Gasteiger charge is 2.63. The monoisotopic (exact) mass is 396 g/mol. The lowest BCUT2D eigenvalue weighted by Crippen LogP contribution is -2.41. The lowest BCUT2D eigenvalue weighted by atomic mass is 9.73. The van der Waals surface area contributed by atoms with Crippen LogP contribution in [0.1, 0.15) is 35.7 Å². The summed E-state index contributed by atoms with van der Waals surface area (Å²) in [5.41, 5.74) is 1.47. The molecular weight excluding hydrogens is 372 g/mol. The molecule has 1 aromatic carbocycles. The van der Waals surface area contributed by atoms with Crippen LogP contribution in [-0.4, -0.2) is 68.3 Å². The Balaban J connectivity index is 1.27. The second-order valence-corrected chi connectivity index (χ2v) is 8.36. The second kappa shape index (κ2) is 6.91. The molecule has 152 valence electrons. The van der Waals surface area contributed by atoms with Crippen molar-refractivity contribution >= 4 is 11.8 Å². The number of nitrogens with one attached hydrogen (secondary N) is 1. The summed E-state index contributed by atoms with van der Waals surface area (Å²) in [4.78, 5) is 26.4. The number of aromatic nitrogens is 4. The number of carbonyl (C=O) groups excluding carboxylic acids is 2. The van der Waals surface area contributed by atoms with Gasteiger partial charge < -0.3 is 15.0 Å². The van der Waals surface area contributed by atoms with E-state index < -0.39 is 0 Å². The lowest BCUT2D eigenvalue weighted by molar-refractivity contribution is -0.119. The number of amides is 2. The number of rotatable bonds is 5. The highest BCUT2D eigenvalue weighted by atomic mass is 16.5. The molecule has 29 heavy (non-hydrogen) atoms. The normalized spacial score (nSPS) is 29.8. The van der Waals surface area contributed by atoms with Gasteiger partial charge >= 0.3 is 0 Å². The van der Waals surface area contributed by atoms with E-state index in [-0.39, 0.29) is 35.4 Å². The second-order valence-electron chi connectivity index (χ2n) is 8.36. The number of hydrogen-bond donors (Lipinski definition) is 1. The van der Waals surface area contributed by atoms with Crippen LogP contribution in [0.2, 0.25) is 0 Å². The summed E-state index contributed by atoms with van der Waals surface area (Å²) in [6, 6.07) is 7.60. The molecule has 3 aliphatic heterocycles. The molecule has 0 unspecified atom stereocenters. The average Bonchev–Trinajstić information content (AvgIpc) is 3.47. The molecule has 4 atom stereocenters. The Morgan fingerprint density at radius 2 is 2.14 bits per heavy atom. The van der Waals surface area contributed by atoms with Gasteiger partial charge in [0.25, 0.3) is 5.91 Å². The number of likely N-dealkylation sites (tertiary alicyclic amines) is 1. The van der Waals surface area contributed by atoms with Crippen LogP contribution in [0.4, 0.5) is 0 Å². The summed E-state index contributed by atoms with van der Waals surface area (Å²) in [6.07, 6.45) is 3.77. The predicted molar refractivity (Wildman–Crippen MR) is 102 cm³/mol. The number of carbonyl (C=O) groups is 2. The standard InChI is InChI=1S/C20H24N6O3/c1-13(27)21-8-16-17-10-25(11-20(17)7-6-18(16)29-20)19(28)15-4-2-14(3-5-15)9-26-12-22-23-24-26/h2-5,12,16-18H,6-11H2,1H3,(H,21,27)/t16-,17+,18+,20+/m0/s1. The van der Waals surface area contributed by atoms with E-state index in [1.54, 1.807) is 11.0 Å². The van der Waals surface area contributed by atoms with Gasteiger partial charge in [-0.1, -0.05) is 12.1 Å². The summed E-state index contributed by atoms with van der Waals surface area (Å²) < 4.78 is 8.00. The van der Waals surface area contributed by atoms with E-state index in [9.17, 15) is 9.59 Å². The fourth-order valence-electron chi connectivity index (χ4n) is 5.25. The van der Waals surface area contributed by atoms with E-state index in [2.05, 4.69) is 20.8 Å². The van der Waals surface area contributed by atoms with E-state index in [0.29, 0.717) is 31.7 Å². The van der Waals surface area contributed by atoms with Gasteiger partial charge in [-0.05, 0) is 41.0 Å². The molecule has 9 nitrogen and oxygen atoms in total. The van der Waals surface area contributed by atoms with Crippen molar-refractivity contribution in [3.8, 4) is 0 Å². The van der Waals surface area contributed by atoms with E-state index in [4.69, 9.17) is 4.74 Å². The third kappa shape index (κ3) is 3.19. The third-order valence-corrected chi connectivity index (χ3v) is 6.59. The Labute approximate surface area is 168 Å². The number of tetrazole rings is 1. The summed E-state index contributed by atoms with van der Waals surface area (Å²) in [5, 5.41) is 14.1. The van der Waals surface area contributed by atoms with Crippen molar-refractivity contribution in [2.24, 2.45) is 11.8 Å². The number of fused-ring (bicyclic) bond motifs is 1. The molecule has 4 heterocycles. The first kappa shape index (κ1) is 18.2. The number of ether oxygens (including phenoxy) is 1. The van der Waals surface area contributed by atoms with Crippen LogP contribution >= 0.6 is 0 Å². The van der Waals surface area contributed by atoms with Gasteiger partial charge in [0.05, 0.1) is 24.8 Å². The molecule has 1 N–H and O–H groups in total. The molecule has 1 spiro atoms. The molecule has 0 aliphatic carbocycles. The van der Waals surface area contributed by atoms with Crippen LogP contribution in [0.5, 0.6) is 0 Å². The average molecular weight is 396 g/mol. The van der Waals surface area contributed by atoms with E-state index in [0.717, 1.165) is 18.4 Å².